The predicted molar refractivity (Wildman–Crippen MR) is 137 cm³/mol. The van der Waals surface area contributed by atoms with E-state index in [1.54, 1.807) is 6.92 Å². The van der Waals surface area contributed by atoms with Crippen LogP contribution >= 0.6 is 12.2 Å². The maximum atomic E-state index is 15.5. The lowest BCUT2D eigenvalue weighted by molar-refractivity contribution is -0.137. The van der Waals surface area contributed by atoms with Crippen molar-refractivity contribution >= 4 is 45.5 Å². The van der Waals surface area contributed by atoms with E-state index in [1.807, 2.05) is 0 Å². The van der Waals surface area contributed by atoms with Crippen molar-refractivity contribution in [2.24, 2.45) is 0 Å². The number of anilines is 2. The van der Waals surface area contributed by atoms with Crippen LogP contribution in [0.15, 0.2) is 30.3 Å². The average Bonchev–Trinajstić information content (AvgIpc) is 3.12. The summed E-state index contributed by atoms with van der Waals surface area (Å²) >= 11 is 5.63. The van der Waals surface area contributed by atoms with E-state index in [-0.39, 0.29) is 46.5 Å². The Morgan fingerprint density at radius 1 is 1.21 bits per heavy atom. The van der Waals surface area contributed by atoms with Gasteiger partial charge >= 0.3 is 6.18 Å². The minimum atomic E-state index is -4.83. The van der Waals surface area contributed by atoms with Crippen LogP contribution in [0.2, 0.25) is 0 Å². The number of amides is 1. The molecule has 13 heteroatoms. The number of ether oxygens (including phenoxy) is 1. The van der Waals surface area contributed by atoms with Crippen molar-refractivity contribution < 1.29 is 32.2 Å². The summed E-state index contributed by atoms with van der Waals surface area (Å²) in [5.74, 6) is -0.887. The van der Waals surface area contributed by atoms with Gasteiger partial charge in [-0.1, -0.05) is 6.92 Å². The Balaban J connectivity index is 1.65. The van der Waals surface area contributed by atoms with E-state index in [2.05, 4.69) is 9.97 Å². The van der Waals surface area contributed by atoms with Gasteiger partial charge < -0.3 is 14.7 Å². The van der Waals surface area contributed by atoms with Crippen molar-refractivity contribution in [1.29, 1.82) is 5.26 Å². The summed E-state index contributed by atoms with van der Waals surface area (Å²) in [5.41, 5.74) is -2.96. The summed E-state index contributed by atoms with van der Waals surface area (Å²) in [4.78, 5) is 24.8. The van der Waals surface area contributed by atoms with Crippen LogP contribution in [-0.2, 0) is 17.4 Å². The number of nitriles is 1. The Kier molecular flexibility index (Phi) is 6.64. The zero-order valence-corrected chi connectivity index (χ0v) is 21.4. The van der Waals surface area contributed by atoms with Gasteiger partial charge in [-0.05, 0) is 61.8 Å². The number of fused-ring (bicyclic) bond motifs is 1. The molecule has 1 aliphatic carbocycles. The largest absolute Gasteiger partial charge is 0.475 e. The van der Waals surface area contributed by atoms with Crippen LogP contribution < -0.4 is 14.5 Å². The van der Waals surface area contributed by atoms with Crippen molar-refractivity contribution in [3.63, 3.8) is 0 Å². The first-order valence-corrected chi connectivity index (χ1v) is 12.5. The molecule has 3 aromatic rings. The number of carbonyl (C=O) groups is 1. The molecule has 1 aliphatic heterocycles. The topological polar surface area (TPSA) is 103 Å². The molecule has 0 unspecified atom stereocenters. The Labute approximate surface area is 225 Å². The summed E-state index contributed by atoms with van der Waals surface area (Å²) in [6, 6.07) is 7.16. The van der Waals surface area contributed by atoms with Gasteiger partial charge in [0, 0.05) is 12.1 Å². The first-order chi connectivity index (χ1) is 18.6. The maximum absolute atomic E-state index is 15.5. The smallest absolute Gasteiger partial charge is 0.417 e. The third-order valence-electron chi connectivity index (χ3n) is 6.93. The Morgan fingerprint density at radius 3 is 2.54 bits per heavy atom. The van der Waals surface area contributed by atoms with Crippen molar-refractivity contribution in [3.8, 4) is 11.9 Å². The Morgan fingerprint density at radius 2 is 1.95 bits per heavy atom. The fraction of sp³-hybridized carbons (Fsp3) is 0.346. The van der Waals surface area contributed by atoms with Crippen molar-refractivity contribution in [3.05, 3.63) is 53.1 Å². The van der Waals surface area contributed by atoms with Gasteiger partial charge in [0.1, 0.15) is 23.5 Å². The van der Waals surface area contributed by atoms with E-state index in [9.17, 15) is 23.1 Å². The number of aliphatic hydroxyl groups excluding tert-OH is 1. The van der Waals surface area contributed by atoms with E-state index in [0.29, 0.717) is 31.5 Å². The van der Waals surface area contributed by atoms with Crippen LogP contribution in [-0.4, -0.2) is 44.8 Å². The van der Waals surface area contributed by atoms with Gasteiger partial charge in [0.15, 0.2) is 10.9 Å². The van der Waals surface area contributed by atoms with Gasteiger partial charge in [0.05, 0.1) is 34.9 Å². The highest BCUT2D eigenvalue weighted by molar-refractivity contribution is 7.81. The zero-order chi connectivity index (χ0) is 28.1. The molecule has 202 valence electrons. The second-order valence-corrected chi connectivity index (χ2v) is 9.54. The van der Waals surface area contributed by atoms with Crippen LogP contribution in [0.5, 0.6) is 5.88 Å². The molecule has 1 saturated heterocycles. The van der Waals surface area contributed by atoms with Gasteiger partial charge in [-0.15, -0.1) is 0 Å². The lowest BCUT2D eigenvalue weighted by Gasteiger charge is -2.43. The molecule has 5 rings (SSSR count). The maximum Gasteiger partial charge on any atom is 0.417 e. The van der Waals surface area contributed by atoms with Gasteiger partial charge in [-0.2, -0.15) is 23.4 Å². The van der Waals surface area contributed by atoms with Crippen LogP contribution in [0.3, 0.4) is 0 Å². The predicted octanol–water partition coefficient (Wildman–Crippen LogP) is 4.65. The van der Waals surface area contributed by atoms with E-state index in [4.69, 9.17) is 22.2 Å². The molecule has 2 aliphatic rings. The number of aromatic nitrogens is 2. The van der Waals surface area contributed by atoms with Crippen molar-refractivity contribution in [2.45, 2.75) is 44.3 Å². The van der Waals surface area contributed by atoms with Crippen LogP contribution in [0, 0.1) is 17.1 Å². The summed E-state index contributed by atoms with van der Waals surface area (Å²) < 4.78 is 62.0. The monoisotopic (exact) mass is 559 g/mol. The van der Waals surface area contributed by atoms with Crippen molar-refractivity contribution in [2.75, 3.05) is 23.0 Å². The molecule has 0 bridgehead atoms. The first kappa shape index (κ1) is 26.7. The standard InChI is InChI=1S/C26H21F4N5O3S/c1-2-20-32-21-17(22(33-20)38-9-8-36)10-16(12-19(21)27)35-24(39)34(23(37)25(35)6-3-7-25)15-5-4-14(13-31)18(11-15)26(28,29)30/h4-5,10-12,36H,2-3,6-9H2,1H3. The third-order valence-corrected chi connectivity index (χ3v) is 7.30. The van der Waals surface area contributed by atoms with E-state index >= 15 is 4.39 Å². The molecule has 8 nitrogen and oxygen atoms in total. The summed E-state index contributed by atoms with van der Waals surface area (Å²) in [6.45, 7) is 1.39. The molecular weight excluding hydrogens is 538 g/mol. The highest BCUT2D eigenvalue weighted by Crippen LogP contribution is 2.49. The second kappa shape index (κ2) is 9.69. The Bertz CT molecular complexity index is 1550. The highest BCUT2D eigenvalue weighted by Gasteiger charge is 2.59. The lowest BCUT2D eigenvalue weighted by atomic mass is 9.75. The number of rotatable bonds is 6. The number of aryl methyl sites for hydroxylation is 1. The SMILES string of the molecule is CCc1nc(OCCO)c2cc(N3C(=S)N(c4ccc(C#N)c(C(F)(F)F)c4)C(=O)C34CCC4)cc(F)c2n1. The molecule has 2 aromatic carbocycles. The highest BCUT2D eigenvalue weighted by atomic mass is 32.1. The van der Waals surface area contributed by atoms with Gasteiger partial charge in [0.25, 0.3) is 5.91 Å². The zero-order valence-electron chi connectivity index (χ0n) is 20.5. The van der Waals surface area contributed by atoms with Crippen LogP contribution in [0.1, 0.15) is 43.1 Å². The number of nitrogens with zero attached hydrogens (tertiary/aromatic N) is 5. The van der Waals surface area contributed by atoms with E-state index in [0.717, 1.165) is 17.0 Å². The fourth-order valence-corrected chi connectivity index (χ4v) is 5.41. The third kappa shape index (κ3) is 4.24. The summed E-state index contributed by atoms with van der Waals surface area (Å²) in [5, 5.41) is 18.4. The molecule has 0 atom stereocenters. The fourth-order valence-electron chi connectivity index (χ4n) is 4.94. The van der Waals surface area contributed by atoms with Crippen molar-refractivity contribution in [1.82, 2.24) is 9.97 Å². The van der Waals surface area contributed by atoms with Crippen LogP contribution in [0.4, 0.5) is 28.9 Å². The minimum Gasteiger partial charge on any atom is -0.475 e. The molecule has 1 spiro atoms. The molecule has 1 N–H and O–H groups in total. The minimum absolute atomic E-state index is 0.0172. The van der Waals surface area contributed by atoms with Gasteiger partial charge in [-0.25, -0.2) is 9.37 Å². The summed E-state index contributed by atoms with van der Waals surface area (Å²) in [6.07, 6.45) is -3.07. The lowest BCUT2D eigenvalue weighted by Crippen LogP contribution is -2.55. The number of thiocarbonyl (C=S) groups is 1. The molecule has 2 heterocycles. The number of carbonyl (C=O) groups excluding carboxylic acids is 1. The quantitative estimate of drug-likeness (QED) is 0.344. The van der Waals surface area contributed by atoms with E-state index < -0.39 is 34.6 Å². The normalized spacial score (nSPS) is 16.6. The summed E-state index contributed by atoms with van der Waals surface area (Å²) in [7, 11) is 0. The number of halogens is 4. The molecule has 0 radical (unpaired) electrons. The number of hydrogen-bond donors (Lipinski definition) is 1. The van der Waals surface area contributed by atoms with Gasteiger partial charge in [-0.3, -0.25) is 9.69 Å². The molecule has 2 fully saturated rings. The Hall–Kier alpha value is -3.89. The molecular formula is C26H21F4N5O3S. The van der Waals surface area contributed by atoms with Crippen LogP contribution in [0.25, 0.3) is 10.9 Å². The number of benzene rings is 2. The molecule has 1 amide bonds. The second-order valence-electron chi connectivity index (χ2n) is 9.18. The van der Waals surface area contributed by atoms with Gasteiger partial charge in [0.2, 0.25) is 5.88 Å². The molecule has 1 aromatic heterocycles. The number of alkyl halides is 3. The number of hydrogen-bond acceptors (Lipinski definition) is 7. The number of aliphatic hydroxyl groups is 1. The molecule has 1 saturated carbocycles. The molecule has 39 heavy (non-hydrogen) atoms. The van der Waals surface area contributed by atoms with E-state index in [1.165, 1.54) is 29.2 Å². The average molecular weight is 560 g/mol. The first-order valence-electron chi connectivity index (χ1n) is 12.1.